The quantitative estimate of drug-likeness (QED) is 0.316. The average Bonchev–Trinajstić information content (AvgIpc) is 2.89. The molecule has 2 atom stereocenters. The summed E-state index contributed by atoms with van der Waals surface area (Å²) in [6.45, 7) is 5.97. The Morgan fingerprint density at radius 3 is 2.39 bits per heavy atom. The van der Waals surface area contributed by atoms with E-state index in [1.54, 1.807) is 0 Å². The number of quaternary nitrogens is 1. The summed E-state index contributed by atoms with van der Waals surface area (Å²) < 4.78 is 34.4. The van der Waals surface area contributed by atoms with E-state index < -0.39 is 17.2 Å². The molecule has 2 aromatic carbocycles. The molecule has 4 heterocycles. The van der Waals surface area contributed by atoms with Crippen molar-refractivity contribution in [2.45, 2.75) is 50.7 Å². The third-order valence-corrected chi connectivity index (χ3v) is 8.73. The number of carbonyl (C=O) groups excluding carboxylic acids is 2. The number of benzene rings is 2. The lowest BCUT2D eigenvalue weighted by molar-refractivity contribution is -0.938. The third kappa shape index (κ3) is 4.71. The topological polar surface area (TPSA) is 46.6 Å². The molecule has 4 aliphatic heterocycles. The van der Waals surface area contributed by atoms with Crippen LogP contribution < -0.4 is 0 Å². The number of hydrogen-bond donors (Lipinski definition) is 0. The molecule has 0 amide bonds. The fourth-order valence-corrected chi connectivity index (χ4v) is 6.47. The number of esters is 1. The van der Waals surface area contributed by atoms with E-state index in [9.17, 15) is 18.4 Å². The van der Waals surface area contributed by atoms with Gasteiger partial charge in [-0.2, -0.15) is 0 Å². The summed E-state index contributed by atoms with van der Waals surface area (Å²) in [5.74, 6) is -1.82. The normalized spacial score (nSPS) is 27.9. The van der Waals surface area contributed by atoms with E-state index in [0.29, 0.717) is 11.0 Å². The fraction of sp³-hybridized carbons (Fsp3) is 0.517. The van der Waals surface area contributed by atoms with Gasteiger partial charge in [0, 0.05) is 24.8 Å². The first-order valence-corrected chi connectivity index (χ1v) is 13.2. The van der Waals surface area contributed by atoms with Gasteiger partial charge in [-0.15, -0.1) is 0 Å². The van der Waals surface area contributed by atoms with Gasteiger partial charge >= 0.3 is 5.97 Å². The van der Waals surface area contributed by atoms with Gasteiger partial charge in [-0.1, -0.05) is 36.8 Å². The van der Waals surface area contributed by atoms with Gasteiger partial charge in [0.05, 0.1) is 18.7 Å². The molecule has 0 N–H and O–H groups in total. The molecule has 6 rings (SSSR count). The number of carbonyl (C=O) groups is 2. The number of Topliss-reactive ketones (excluding diaryl/α,β-unsaturated/α-hetero) is 1. The minimum atomic E-state index is -0.869. The first kappa shape index (κ1) is 25.0. The molecule has 2 aromatic rings. The predicted octanol–water partition coefficient (Wildman–Crippen LogP) is 4.70. The van der Waals surface area contributed by atoms with Crippen molar-refractivity contribution in [2.75, 3.05) is 39.3 Å². The zero-order valence-corrected chi connectivity index (χ0v) is 20.9. The molecular weight excluding hydrogens is 462 g/mol. The van der Waals surface area contributed by atoms with Crippen LogP contribution >= 0.6 is 0 Å². The number of halogens is 2. The highest BCUT2D eigenvalue weighted by molar-refractivity contribution is 5.97. The SMILES string of the molecule is C[C@@](C(=O)O[C@H]1C[N+]2(CC(=O)c3ccc(F)cc3F)CCC1CC2)(c1ccccc1)N1CCCCC1. The highest BCUT2D eigenvalue weighted by Gasteiger charge is 2.51. The second kappa shape index (κ2) is 10.0. The maximum absolute atomic E-state index is 14.3. The van der Waals surface area contributed by atoms with Crippen molar-refractivity contribution in [3.05, 3.63) is 71.3 Å². The van der Waals surface area contributed by atoms with E-state index in [1.165, 1.54) is 12.5 Å². The van der Waals surface area contributed by atoms with Crippen molar-refractivity contribution in [1.82, 2.24) is 4.90 Å². The van der Waals surface area contributed by atoms with Crippen LogP contribution in [0.4, 0.5) is 8.78 Å². The van der Waals surface area contributed by atoms with Crippen LogP contribution in [-0.2, 0) is 15.1 Å². The number of ketones is 1. The zero-order chi connectivity index (χ0) is 25.3. The molecule has 192 valence electrons. The minimum absolute atomic E-state index is 0.0770. The Hall–Kier alpha value is -2.64. The van der Waals surface area contributed by atoms with E-state index in [1.807, 2.05) is 37.3 Å². The maximum atomic E-state index is 14.3. The Bertz CT molecular complexity index is 1110. The lowest BCUT2D eigenvalue weighted by Gasteiger charge is -2.52. The number of hydrogen-bond acceptors (Lipinski definition) is 4. The molecule has 5 nitrogen and oxygen atoms in total. The third-order valence-electron chi connectivity index (χ3n) is 8.73. The van der Waals surface area contributed by atoms with E-state index in [2.05, 4.69) is 4.90 Å². The Labute approximate surface area is 211 Å². The number of fused-ring (bicyclic) bond motifs is 3. The van der Waals surface area contributed by atoms with Crippen molar-refractivity contribution in [3.8, 4) is 0 Å². The van der Waals surface area contributed by atoms with Crippen LogP contribution in [-0.4, -0.2) is 66.5 Å². The summed E-state index contributed by atoms with van der Waals surface area (Å²) >= 11 is 0. The first-order valence-electron chi connectivity index (χ1n) is 13.2. The molecule has 7 heteroatoms. The van der Waals surface area contributed by atoms with E-state index in [0.717, 1.165) is 69.6 Å². The Morgan fingerprint density at radius 1 is 1.03 bits per heavy atom. The van der Waals surface area contributed by atoms with Gasteiger partial charge in [0.25, 0.3) is 0 Å². The summed E-state index contributed by atoms with van der Waals surface area (Å²) in [5.41, 5.74) is -0.0121. The van der Waals surface area contributed by atoms with Gasteiger partial charge in [-0.05, 0) is 50.6 Å². The van der Waals surface area contributed by atoms with Crippen molar-refractivity contribution in [3.63, 3.8) is 0 Å². The molecule has 2 bridgehead atoms. The molecule has 4 saturated heterocycles. The fourth-order valence-electron chi connectivity index (χ4n) is 6.47. The molecule has 0 unspecified atom stereocenters. The highest BCUT2D eigenvalue weighted by Crippen LogP contribution is 2.39. The van der Waals surface area contributed by atoms with Gasteiger partial charge in [0.15, 0.2) is 6.10 Å². The number of likely N-dealkylation sites (tertiary alicyclic amines) is 1. The standard InChI is InChI=1S/C29H35F2N2O3/c1-29(22-8-4-2-5-9-22,32-14-6-3-7-15-32)28(35)36-27-20-33(16-12-21(27)13-17-33)19-26(34)24-11-10-23(30)18-25(24)31/h2,4-5,8-11,18,21,27H,3,6-7,12-17,19-20H2,1H3/q+1/t21?,27-,29-,33?/m0/s1. The number of ether oxygens (including phenoxy) is 1. The average molecular weight is 498 g/mol. The largest absolute Gasteiger partial charge is 0.454 e. The van der Waals surface area contributed by atoms with Gasteiger partial charge in [-0.25, -0.2) is 13.6 Å². The summed E-state index contributed by atoms with van der Waals surface area (Å²) in [6, 6.07) is 13.0. The minimum Gasteiger partial charge on any atom is -0.454 e. The smallest absolute Gasteiger partial charge is 0.331 e. The number of piperidine rings is 4. The van der Waals surface area contributed by atoms with Crippen molar-refractivity contribution < 1.29 is 27.6 Å². The number of rotatable bonds is 7. The van der Waals surface area contributed by atoms with Gasteiger partial charge < -0.3 is 9.22 Å². The first-order chi connectivity index (χ1) is 17.3. The van der Waals surface area contributed by atoms with E-state index >= 15 is 0 Å². The van der Waals surface area contributed by atoms with Crippen molar-refractivity contribution in [1.29, 1.82) is 0 Å². The summed E-state index contributed by atoms with van der Waals surface area (Å²) in [5, 5.41) is 0. The molecule has 4 aliphatic rings. The summed E-state index contributed by atoms with van der Waals surface area (Å²) in [4.78, 5) is 29.2. The predicted molar refractivity (Wildman–Crippen MR) is 132 cm³/mol. The van der Waals surface area contributed by atoms with Crippen LogP contribution in [0.5, 0.6) is 0 Å². The Balaban J connectivity index is 1.34. The Kier molecular flexibility index (Phi) is 6.97. The van der Waals surface area contributed by atoms with Gasteiger partial charge in [0.2, 0.25) is 5.78 Å². The van der Waals surface area contributed by atoms with Crippen LogP contribution in [0, 0.1) is 17.6 Å². The molecule has 0 radical (unpaired) electrons. The van der Waals surface area contributed by atoms with E-state index in [4.69, 9.17) is 4.74 Å². The summed E-state index contributed by atoms with van der Waals surface area (Å²) in [6.07, 6.45) is 4.74. The maximum Gasteiger partial charge on any atom is 0.331 e. The van der Waals surface area contributed by atoms with Crippen molar-refractivity contribution >= 4 is 11.8 Å². The van der Waals surface area contributed by atoms with Gasteiger partial charge in [-0.3, -0.25) is 9.69 Å². The molecule has 0 spiro atoms. The molecule has 0 aromatic heterocycles. The second-order valence-electron chi connectivity index (χ2n) is 10.9. The molecule has 0 saturated carbocycles. The molecule has 0 aliphatic carbocycles. The number of nitrogens with zero attached hydrogens (tertiary/aromatic N) is 2. The lowest BCUT2D eigenvalue weighted by Crippen LogP contribution is -2.66. The van der Waals surface area contributed by atoms with Crippen LogP contribution in [0.15, 0.2) is 48.5 Å². The van der Waals surface area contributed by atoms with Crippen LogP contribution in [0.25, 0.3) is 0 Å². The van der Waals surface area contributed by atoms with Crippen molar-refractivity contribution in [2.24, 2.45) is 5.92 Å². The lowest BCUT2D eigenvalue weighted by atomic mass is 9.82. The highest BCUT2D eigenvalue weighted by atomic mass is 19.1. The summed E-state index contributed by atoms with van der Waals surface area (Å²) in [7, 11) is 0. The molecule has 36 heavy (non-hydrogen) atoms. The monoisotopic (exact) mass is 497 g/mol. The van der Waals surface area contributed by atoms with Crippen LogP contribution in [0.2, 0.25) is 0 Å². The Morgan fingerprint density at radius 2 is 1.72 bits per heavy atom. The molecule has 4 fully saturated rings. The second-order valence-corrected chi connectivity index (χ2v) is 10.9. The zero-order valence-electron chi connectivity index (χ0n) is 20.9. The van der Waals surface area contributed by atoms with Gasteiger partial charge in [0.1, 0.15) is 30.3 Å². The van der Waals surface area contributed by atoms with Crippen LogP contribution in [0.1, 0.15) is 54.9 Å². The van der Waals surface area contributed by atoms with E-state index in [-0.39, 0.29) is 35.9 Å². The van der Waals surface area contributed by atoms with Crippen LogP contribution in [0.3, 0.4) is 0 Å². The molecular formula is C29H35F2N2O3+.